The van der Waals surface area contributed by atoms with Crippen molar-refractivity contribution in [2.45, 2.75) is 25.5 Å². The van der Waals surface area contributed by atoms with Crippen LogP contribution in [0.4, 0.5) is 5.69 Å². The number of benzodiazepines with no additional fused rings is 1. The molecule has 4 rings (SSSR count). The van der Waals surface area contributed by atoms with Crippen LogP contribution in [-0.4, -0.2) is 23.6 Å². The summed E-state index contributed by atoms with van der Waals surface area (Å²) in [6.45, 7) is 0.207. The summed E-state index contributed by atoms with van der Waals surface area (Å²) in [6, 6.07) is 23.7. The summed E-state index contributed by atoms with van der Waals surface area (Å²) in [5.41, 5.74) is 3.85. The number of esters is 1. The van der Waals surface area contributed by atoms with Crippen LogP contribution in [0.3, 0.4) is 0 Å². The molecule has 1 heterocycles. The van der Waals surface area contributed by atoms with Gasteiger partial charge in [-0.3, -0.25) is 14.6 Å². The van der Waals surface area contributed by atoms with Crippen molar-refractivity contribution in [2.24, 2.45) is 4.99 Å². The number of benzene rings is 3. The highest BCUT2D eigenvalue weighted by atomic mass is 35.5. The number of nitrogens with one attached hydrogen (secondary N) is 1. The summed E-state index contributed by atoms with van der Waals surface area (Å²) >= 11 is 6.21. The maximum absolute atomic E-state index is 12.8. The maximum atomic E-state index is 12.8. The van der Waals surface area contributed by atoms with E-state index in [0.29, 0.717) is 16.4 Å². The lowest BCUT2D eigenvalue weighted by Crippen LogP contribution is -2.26. The molecule has 1 atom stereocenters. The predicted octanol–water partition coefficient (Wildman–Crippen LogP) is 5.02. The number of halogens is 1. The van der Waals surface area contributed by atoms with Gasteiger partial charge >= 0.3 is 5.97 Å². The minimum Gasteiger partial charge on any atom is -0.461 e. The van der Waals surface area contributed by atoms with Crippen LogP contribution in [0.15, 0.2) is 83.9 Å². The molecule has 0 unspecified atom stereocenters. The predicted molar refractivity (Wildman–Crippen MR) is 121 cm³/mol. The van der Waals surface area contributed by atoms with Gasteiger partial charge in [-0.15, -0.1) is 0 Å². The molecule has 0 aliphatic carbocycles. The number of carbonyl (C=O) groups is 2. The monoisotopic (exact) mass is 432 g/mol. The smallest absolute Gasteiger partial charge is 0.306 e. The second-order valence-electron chi connectivity index (χ2n) is 7.22. The van der Waals surface area contributed by atoms with E-state index in [2.05, 4.69) is 5.32 Å². The number of aliphatic imine (C=N–C) groups is 1. The van der Waals surface area contributed by atoms with Crippen molar-refractivity contribution >= 4 is 34.9 Å². The molecule has 1 N–H and O–H groups in total. The van der Waals surface area contributed by atoms with Gasteiger partial charge < -0.3 is 10.1 Å². The van der Waals surface area contributed by atoms with Crippen LogP contribution in [0.5, 0.6) is 0 Å². The molecule has 156 valence electrons. The first-order valence-corrected chi connectivity index (χ1v) is 10.4. The third-order valence-corrected chi connectivity index (χ3v) is 5.23. The minimum atomic E-state index is -0.717. The Bertz CT molecular complexity index is 1110. The molecule has 0 bridgehead atoms. The van der Waals surface area contributed by atoms with E-state index in [0.717, 1.165) is 16.7 Å². The van der Waals surface area contributed by atoms with Crippen LogP contribution in [0.25, 0.3) is 0 Å². The molecular weight excluding hydrogens is 412 g/mol. The Balaban J connectivity index is 1.53. The van der Waals surface area contributed by atoms with Crippen molar-refractivity contribution < 1.29 is 14.3 Å². The third kappa shape index (κ3) is 5.19. The molecule has 1 aliphatic heterocycles. The molecule has 0 saturated carbocycles. The van der Waals surface area contributed by atoms with Crippen LogP contribution in [0.1, 0.15) is 29.5 Å². The van der Waals surface area contributed by atoms with Crippen molar-refractivity contribution in [3.05, 3.63) is 101 Å². The topological polar surface area (TPSA) is 67.8 Å². The number of anilines is 1. The van der Waals surface area contributed by atoms with E-state index in [9.17, 15) is 9.59 Å². The van der Waals surface area contributed by atoms with Crippen LogP contribution < -0.4 is 5.32 Å². The van der Waals surface area contributed by atoms with E-state index in [1.807, 2.05) is 60.7 Å². The van der Waals surface area contributed by atoms with E-state index >= 15 is 0 Å². The summed E-state index contributed by atoms with van der Waals surface area (Å²) in [7, 11) is 0. The average Bonchev–Trinajstić information content (AvgIpc) is 2.93. The van der Waals surface area contributed by atoms with Gasteiger partial charge in [0.1, 0.15) is 12.6 Å². The highest BCUT2D eigenvalue weighted by molar-refractivity contribution is 6.32. The van der Waals surface area contributed by atoms with Gasteiger partial charge in [-0.05, 0) is 30.2 Å². The van der Waals surface area contributed by atoms with Crippen LogP contribution in [-0.2, 0) is 20.9 Å². The van der Waals surface area contributed by atoms with Crippen LogP contribution >= 0.6 is 11.6 Å². The largest absolute Gasteiger partial charge is 0.461 e. The third-order valence-electron chi connectivity index (χ3n) is 4.99. The van der Waals surface area contributed by atoms with E-state index in [1.165, 1.54) is 0 Å². The van der Waals surface area contributed by atoms with Gasteiger partial charge in [0.05, 0.1) is 11.4 Å². The van der Waals surface area contributed by atoms with Gasteiger partial charge in [0.2, 0.25) is 5.91 Å². The first kappa shape index (κ1) is 20.8. The molecule has 0 saturated heterocycles. The van der Waals surface area contributed by atoms with Crippen molar-refractivity contribution in [1.29, 1.82) is 0 Å². The van der Waals surface area contributed by atoms with Gasteiger partial charge in [-0.25, -0.2) is 0 Å². The number of rotatable bonds is 6. The Morgan fingerprint density at radius 1 is 1.00 bits per heavy atom. The highest BCUT2D eigenvalue weighted by Crippen LogP contribution is 2.28. The zero-order valence-electron chi connectivity index (χ0n) is 16.8. The molecule has 0 spiro atoms. The second kappa shape index (κ2) is 9.58. The van der Waals surface area contributed by atoms with Crippen molar-refractivity contribution in [1.82, 2.24) is 0 Å². The Morgan fingerprint density at radius 2 is 1.71 bits per heavy atom. The normalized spacial score (nSPS) is 15.3. The van der Waals surface area contributed by atoms with E-state index in [-0.39, 0.29) is 31.3 Å². The second-order valence-corrected chi connectivity index (χ2v) is 7.66. The summed E-state index contributed by atoms with van der Waals surface area (Å²) in [4.78, 5) is 29.8. The van der Waals surface area contributed by atoms with E-state index < -0.39 is 6.04 Å². The number of nitrogens with zero attached hydrogens (tertiary/aromatic N) is 1. The number of carbonyl (C=O) groups excluding carboxylic acids is 2. The Morgan fingerprint density at radius 3 is 2.45 bits per heavy atom. The fraction of sp³-hybridized carbons (Fsp3) is 0.160. The lowest BCUT2D eigenvalue weighted by Gasteiger charge is -2.11. The highest BCUT2D eigenvalue weighted by Gasteiger charge is 2.26. The van der Waals surface area contributed by atoms with Crippen molar-refractivity contribution in [3.63, 3.8) is 0 Å². The zero-order chi connectivity index (χ0) is 21.6. The number of amides is 1. The standard InChI is InChI=1S/C25H21ClN2O3/c26-19-11-12-21-20(15-19)24(18-9-5-2-6-10-18)27-22(25(30)28-21)13-14-23(29)31-16-17-7-3-1-4-8-17/h1-12,15,22H,13-14,16H2,(H,28,30)/t22-/m0/s1. The Hall–Kier alpha value is -3.44. The number of hydrogen-bond donors (Lipinski definition) is 1. The number of ether oxygens (including phenoxy) is 1. The van der Waals surface area contributed by atoms with E-state index in [4.69, 9.17) is 21.3 Å². The molecule has 31 heavy (non-hydrogen) atoms. The summed E-state index contributed by atoms with van der Waals surface area (Å²) in [5.74, 6) is -0.622. The van der Waals surface area contributed by atoms with Gasteiger partial charge in [-0.2, -0.15) is 0 Å². The molecular formula is C25H21ClN2O3. The fourth-order valence-electron chi connectivity index (χ4n) is 3.41. The van der Waals surface area contributed by atoms with E-state index in [1.54, 1.807) is 18.2 Å². The van der Waals surface area contributed by atoms with Crippen molar-refractivity contribution in [2.75, 3.05) is 5.32 Å². The molecule has 1 amide bonds. The average molecular weight is 433 g/mol. The SMILES string of the molecule is O=C(CC[C@@H]1N=C(c2ccccc2)c2cc(Cl)ccc2NC1=O)OCc1ccccc1. The summed E-state index contributed by atoms with van der Waals surface area (Å²) in [6.07, 6.45) is 0.338. The first-order chi connectivity index (χ1) is 15.1. The fourth-order valence-corrected chi connectivity index (χ4v) is 3.58. The first-order valence-electron chi connectivity index (χ1n) is 10.0. The summed E-state index contributed by atoms with van der Waals surface area (Å²) < 4.78 is 5.34. The molecule has 5 nitrogen and oxygen atoms in total. The van der Waals surface area contributed by atoms with Gasteiger partial charge in [0.15, 0.2) is 0 Å². The molecule has 1 aliphatic rings. The maximum Gasteiger partial charge on any atom is 0.306 e. The minimum absolute atomic E-state index is 0.0909. The van der Waals surface area contributed by atoms with Crippen LogP contribution in [0.2, 0.25) is 5.02 Å². The van der Waals surface area contributed by atoms with Gasteiger partial charge in [-0.1, -0.05) is 72.3 Å². The van der Waals surface area contributed by atoms with Crippen molar-refractivity contribution in [3.8, 4) is 0 Å². The summed E-state index contributed by atoms with van der Waals surface area (Å²) in [5, 5.41) is 3.47. The molecule has 0 fully saturated rings. The number of hydrogen-bond acceptors (Lipinski definition) is 4. The molecule has 6 heteroatoms. The molecule has 0 radical (unpaired) electrons. The lowest BCUT2D eigenvalue weighted by atomic mass is 10.0. The van der Waals surface area contributed by atoms with Gasteiger partial charge in [0.25, 0.3) is 0 Å². The molecule has 3 aromatic carbocycles. The van der Waals surface area contributed by atoms with Crippen LogP contribution in [0, 0.1) is 0 Å². The molecule has 3 aromatic rings. The zero-order valence-corrected chi connectivity index (χ0v) is 17.5. The van der Waals surface area contributed by atoms with Gasteiger partial charge in [0, 0.05) is 22.6 Å². The number of fused-ring (bicyclic) bond motifs is 1. The quantitative estimate of drug-likeness (QED) is 0.556. The molecule has 0 aromatic heterocycles. The Kier molecular flexibility index (Phi) is 6.43. The lowest BCUT2D eigenvalue weighted by molar-refractivity contribution is -0.145. The Labute approximate surface area is 185 Å².